The molecule has 10 heteroatoms. The zero-order valence-electron chi connectivity index (χ0n) is 17.2. The molecule has 3 N–H and O–H groups in total. The fourth-order valence-corrected chi connectivity index (χ4v) is 3.29. The summed E-state index contributed by atoms with van der Waals surface area (Å²) in [6, 6.07) is 9.90. The minimum Gasteiger partial charge on any atom is -0.382 e. The molecule has 3 heterocycles. The first-order valence-corrected chi connectivity index (χ1v) is 10.1. The third kappa shape index (κ3) is 3.70. The maximum absolute atomic E-state index is 14.2. The van der Waals surface area contributed by atoms with Gasteiger partial charge in [0.2, 0.25) is 5.91 Å². The van der Waals surface area contributed by atoms with E-state index in [2.05, 4.69) is 25.5 Å². The number of nitrogen functional groups attached to an aromatic ring is 1. The Hall–Kier alpha value is -4.08. The van der Waals surface area contributed by atoms with Crippen molar-refractivity contribution in [1.29, 1.82) is 0 Å². The quantitative estimate of drug-likeness (QED) is 0.477. The highest BCUT2D eigenvalue weighted by atomic mass is 19.1. The van der Waals surface area contributed by atoms with Crippen molar-refractivity contribution in [3.05, 3.63) is 60.2 Å². The first-order valence-electron chi connectivity index (χ1n) is 10.1. The summed E-state index contributed by atoms with van der Waals surface area (Å²) < 4.78 is 20.8. The van der Waals surface area contributed by atoms with E-state index in [4.69, 9.17) is 10.3 Å². The van der Waals surface area contributed by atoms with E-state index in [9.17, 15) is 9.18 Å². The van der Waals surface area contributed by atoms with Crippen LogP contribution in [0.5, 0.6) is 0 Å². The fraction of sp³-hybridized carbons (Fsp3) is 0.227. The van der Waals surface area contributed by atoms with Crippen molar-refractivity contribution in [3.63, 3.8) is 0 Å². The van der Waals surface area contributed by atoms with Crippen LogP contribution >= 0.6 is 0 Å². The molecule has 0 spiro atoms. The standard InChI is InChI=1S/C22H20FN7O2/c1-22(7-8-22)21(31)26-17-11-25-20(27-19(17)24)16-10-18(15-6-9-32-29-15)30(28-16)12-13-4-2-3-5-14(13)23/h2-6,9-11H,7-8,12H2,1H3,(H,26,31)(H2,24,25,27). The van der Waals surface area contributed by atoms with Crippen molar-refractivity contribution < 1.29 is 13.7 Å². The summed E-state index contributed by atoms with van der Waals surface area (Å²) >= 11 is 0. The molecule has 0 atom stereocenters. The molecule has 1 amide bonds. The number of nitrogens with two attached hydrogens (primary N) is 1. The average molecular weight is 433 g/mol. The maximum atomic E-state index is 14.2. The number of aromatic nitrogens is 5. The van der Waals surface area contributed by atoms with E-state index in [0.717, 1.165) is 12.8 Å². The van der Waals surface area contributed by atoms with E-state index < -0.39 is 0 Å². The average Bonchev–Trinajstić information content (AvgIpc) is 3.17. The zero-order valence-corrected chi connectivity index (χ0v) is 17.2. The lowest BCUT2D eigenvalue weighted by Crippen LogP contribution is -2.22. The number of carbonyl (C=O) groups is 1. The van der Waals surface area contributed by atoms with Crippen molar-refractivity contribution in [2.45, 2.75) is 26.3 Å². The molecule has 9 nitrogen and oxygen atoms in total. The second kappa shape index (κ2) is 7.56. The first kappa shape index (κ1) is 19.9. The topological polar surface area (TPSA) is 125 Å². The molecule has 4 aromatic rings. The molecule has 0 bridgehead atoms. The van der Waals surface area contributed by atoms with Gasteiger partial charge in [0.25, 0.3) is 0 Å². The molecule has 1 saturated carbocycles. The number of carbonyl (C=O) groups excluding carboxylic acids is 1. The van der Waals surface area contributed by atoms with Gasteiger partial charge < -0.3 is 15.6 Å². The lowest BCUT2D eigenvalue weighted by atomic mass is 10.1. The third-order valence-corrected chi connectivity index (χ3v) is 5.60. The van der Waals surface area contributed by atoms with Gasteiger partial charge in [0.05, 0.1) is 18.4 Å². The highest BCUT2D eigenvalue weighted by Gasteiger charge is 2.45. The second-order valence-electron chi connectivity index (χ2n) is 8.06. The Morgan fingerprint density at radius 3 is 2.78 bits per heavy atom. The third-order valence-electron chi connectivity index (χ3n) is 5.60. The van der Waals surface area contributed by atoms with Gasteiger partial charge in [-0.1, -0.05) is 30.3 Å². The molecule has 0 aliphatic heterocycles. The lowest BCUT2D eigenvalue weighted by molar-refractivity contribution is -0.120. The number of nitrogens with zero attached hydrogens (tertiary/aromatic N) is 5. The van der Waals surface area contributed by atoms with Gasteiger partial charge in [-0.2, -0.15) is 5.10 Å². The molecular formula is C22H20FN7O2. The van der Waals surface area contributed by atoms with E-state index in [1.165, 1.54) is 18.5 Å². The Labute approximate surface area is 182 Å². The summed E-state index contributed by atoms with van der Waals surface area (Å²) in [7, 11) is 0. The molecule has 1 aliphatic carbocycles. The Balaban J connectivity index is 1.48. The van der Waals surface area contributed by atoms with Gasteiger partial charge in [-0.3, -0.25) is 9.48 Å². The van der Waals surface area contributed by atoms with Crippen LogP contribution in [0, 0.1) is 11.2 Å². The molecule has 0 radical (unpaired) electrons. The van der Waals surface area contributed by atoms with Gasteiger partial charge in [0.1, 0.15) is 29.2 Å². The van der Waals surface area contributed by atoms with Crippen LogP contribution in [0.1, 0.15) is 25.3 Å². The van der Waals surface area contributed by atoms with Crippen LogP contribution < -0.4 is 11.1 Å². The summed E-state index contributed by atoms with van der Waals surface area (Å²) in [5.74, 6) is -0.0157. The zero-order chi connectivity index (χ0) is 22.3. The molecule has 0 saturated heterocycles. The lowest BCUT2D eigenvalue weighted by Gasteiger charge is -2.11. The number of benzene rings is 1. The van der Waals surface area contributed by atoms with Gasteiger partial charge in [-0.05, 0) is 25.0 Å². The van der Waals surface area contributed by atoms with Crippen molar-refractivity contribution in [2.24, 2.45) is 5.41 Å². The molecule has 3 aromatic heterocycles. The van der Waals surface area contributed by atoms with Crippen molar-refractivity contribution in [2.75, 3.05) is 11.1 Å². The summed E-state index contributed by atoms with van der Waals surface area (Å²) in [4.78, 5) is 20.9. The normalized spacial score (nSPS) is 14.3. The minimum atomic E-state index is -0.344. The summed E-state index contributed by atoms with van der Waals surface area (Å²) in [6.45, 7) is 2.08. The highest BCUT2D eigenvalue weighted by molar-refractivity contribution is 5.98. The highest BCUT2D eigenvalue weighted by Crippen LogP contribution is 2.45. The molecule has 1 fully saturated rings. The predicted molar refractivity (Wildman–Crippen MR) is 115 cm³/mol. The largest absolute Gasteiger partial charge is 0.382 e. The number of nitrogens with one attached hydrogen (secondary N) is 1. The van der Waals surface area contributed by atoms with E-state index in [1.807, 2.05) is 6.92 Å². The molecular weight excluding hydrogens is 413 g/mol. The SMILES string of the molecule is CC1(C(=O)Nc2cnc(-c3cc(-c4ccon4)n(Cc4ccccc4F)n3)nc2N)CC1. The van der Waals surface area contributed by atoms with Gasteiger partial charge in [0, 0.05) is 17.0 Å². The van der Waals surface area contributed by atoms with E-state index in [0.29, 0.717) is 28.3 Å². The maximum Gasteiger partial charge on any atom is 0.230 e. The number of hydrogen-bond acceptors (Lipinski definition) is 7. The Bertz CT molecular complexity index is 1300. The molecule has 1 aromatic carbocycles. The molecule has 5 rings (SSSR count). The van der Waals surface area contributed by atoms with Crippen LogP contribution in [0.15, 0.2) is 53.4 Å². The van der Waals surface area contributed by atoms with Crippen LogP contribution in [0.3, 0.4) is 0 Å². The van der Waals surface area contributed by atoms with Gasteiger partial charge in [-0.15, -0.1) is 0 Å². The molecule has 162 valence electrons. The van der Waals surface area contributed by atoms with Crippen LogP contribution in [-0.2, 0) is 11.3 Å². The summed E-state index contributed by atoms with van der Waals surface area (Å²) in [5, 5.41) is 11.3. The second-order valence-corrected chi connectivity index (χ2v) is 8.06. The Morgan fingerprint density at radius 1 is 1.28 bits per heavy atom. The monoisotopic (exact) mass is 433 g/mol. The Kier molecular flexibility index (Phi) is 4.69. The van der Waals surface area contributed by atoms with E-state index in [1.54, 1.807) is 35.0 Å². The summed E-state index contributed by atoms with van der Waals surface area (Å²) in [6.07, 6.45) is 4.61. The predicted octanol–water partition coefficient (Wildman–Crippen LogP) is 3.50. The molecule has 32 heavy (non-hydrogen) atoms. The fourth-order valence-electron chi connectivity index (χ4n) is 3.29. The number of hydrogen-bond donors (Lipinski definition) is 2. The van der Waals surface area contributed by atoms with E-state index in [-0.39, 0.29) is 35.3 Å². The smallest absolute Gasteiger partial charge is 0.230 e. The minimum absolute atomic E-state index is 0.0944. The van der Waals surface area contributed by atoms with Crippen molar-refractivity contribution in [1.82, 2.24) is 24.9 Å². The van der Waals surface area contributed by atoms with Crippen molar-refractivity contribution >= 4 is 17.4 Å². The number of anilines is 2. The van der Waals surface area contributed by atoms with Gasteiger partial charge in [0.15, 0.2) is 11.6 Å². The molecule has 1 aliphatic rings. The summed E-state index contributed by atoms with van der Waals surface area (Å²) in [5.41, 5.74) is 8.13. The number of amides is 1. The van der Waals surface area contributed by atoms with Crippen LogP contribution in [-0.4, -0.2) is 30.8 Å². The van der Waals surface area contributed by atoms with Gasteiger partial charge >= 0.3 is 0 Å². The van der Waals surface area contributed by atoms with E-state index >= 15 is 0 Å². The van der Waals surface area contributed by atoms with Crippen LogP contribution in [0.2, 0.25) is 0 Å². The van der Waals surface area contributed by atoms with Gasteiger partial charge in [-0.25, -0.2) is 14.4 Å². The van der Waals surface area contributed by atoms with Crippen LogP contribution in [0.4, 0.5) is 15.9 Å². The Morgan fingerprint density at radius 2 is 2.09 bits per heavy atom. The van der Waals surface area contributed by atoms with Crippen LogP contribution in [0.25, 0.3) is 22.9 Å². The van der Waals surface area contributed by atoms with Crippen molar-refractivity contribution in [3.8, 4) is 22.9 Å². The number of rotatable bonds is 6. The number of halogens is 1. The first-order chi connectivity index (χ1) is 15.4. The molecule has 0 unspecified atom stereocenters.